The molecule has 0 aromatic carbocycles. The van der Waals surface area contributed by atoms with Gasteiger partial charge in [0.15, 0.2) is 6.10 Å². The largest absolute Gasteiger partial charge is 0.472 e. The number of quaternary nitrogens is 1. The first kappa shape index (κ1) is 60.2. The highest BCUT2D eigenvalue weighted by atomic mass is 31.2. The molecule has 364 valence electrons. The molecule has 2 atom stereocenters. The molecule has 0 aromatic heterocycles. The molecular formula is C52H99NO8P+. The van der Waals surface area contributed by atoms with Crippen molar-refractivity contribution in [1.29, 1.82) is 0 Å². The van der Waals surface area contributed by atoms with Gasteiger partial charge in [0.05, 0.1) is 27.7 Å². The van der Waals surface area contributed by atoms with E-state index in [-0.39, 0.29) is 32.0 Å². The Morgan fingerprint density at radius 2 is 0.871 bits per heavy atom. The van der Waals surface area contributed by atoms with Gasteiger partial charge in [-0.1, -0.05) is 204 Å². The number of likely N-dealkylation sites (N-methyl/N-ethyl adjacent to an activating group) is 1. The summed E-state index contributed by atoms with van der Waals surface area (Å²) >= 11 is 0. The summed E-state index contributed by atoms with van der Waals surface area (Å²) in [6, 6.07) is 0. The number of unbranched alkanes of at least 4 members (excludes halogenated alkanes) is 27. The molecule has 0 saturated heterocycles. The second-order valence-electron chi connectivity index (χ2n) is 18.6. The molecule has 0 amide bonds. The third-order valence-corrected chi connectivity index (χ3v) is 12.2. The first-order chi connectivity index (χ1) is 30.0. The van der Waals surface area contributed by atoms with Crippen LogP contribution in [0.2, 0.25) is 0 Å². The predicted molar refractivity (Wildman–Crippen MR) is 261 cm³/mol. The molecule has 62 heavy (non-hydrogen) atoms. The van der Waals surface area contributed by atoms with Crippen LogP contribution >= 0.6 is 7.82 Å². The summed E-state index contributed by atoms with van der Waals surface area (Å²) in [5, 5.41) is 0. The Hall–Kier alpha value is -1.77. The average molecular weight is 897 g/mol. The van der Waals surface area contributed by atoms with Gasteiger partial charge in [-0.25, -0.2) is 4.57 Å². The molecule has 0 radical (unpaired) electrons. The normalized spacial score (nSPS) is 13.7. The fourth-order valence-electron chi connectivity index (χ4n) is 7.14. The summed E-state index contributed by atoms with van der Waals surface area (Å²) < 4.78 is 34.5. The third-order valence-electron chi connectivity index (χ3n) is 11.2. The summed E-state index contributed by atoms with van der Waals surface area (Å²) in [5.41, 5.74) is 0. The number of hydrogen-bond donors (Lipinski definition) is 1. The molecule has 1 N–H and O–H groups in total. The highest BCUT2D eigenvalue weighted by molar-refractivity contribution is 7.47. The zero-order chi connectivity index (χ0) is 45.7. The van der Waals surface area contributed by atoms with E-state index < -0.39 is 26.5 Å². The molecule has 0 aliphatic heterocycles. The van der Waals surface area contributed by atoms with Gasteiger partial charge in [0.2, 0.25) is 0 Å². The molecule has 0 fully saturated rings. The SMILES string of the molecule is CCCCC/C=C\C/C=C\C/C=C\CCCCCCCCC(=O)OC(COC(=O)CCCCCCCCCCCCCCCCCCCCC)COP(=O)(O)OCC[N+](C)(C)C. The first-order valence-corrected chi connectivity index (χ1v) is 27.2. The minimum atomic E-state index is -4.38. The Kier molecular flexibility index (Phi) is 43.2. The lowest BCUT2D eigenvalue weighted by Gasteiger charge is -2.24. The lowest BCUT2D eigenvalue weighted by atomic mass is 10.0. The van der Waals surface area contributed by atoms with Crippen LogP contribution in [0, 0.1) is 0 Å². The maximum Gasteiger partial charge on any atom is 0.472 e. The van der Waals surface area contributed by atoms with E-state index in [9.17, 15) is 19.0 Å². The first-order valence-electron chi connectivity index (χ1n) is 25.7. The van der Waals surface area contributed by atoms with Crippen molar-refractivity contribution in [3.05, 3.63) is 36.5 Å². The third kappa shape index (κ3) is 47.7. The highest BCUT2D eigenvalue weighted by Crippen LogP contribution is 2.43. The summed E-state index contributed by atoms with van der Waals surface area (Å²) in [6.07, 6.45) is 51.9. The topological polar surface area (TPSA) is 108 Å². The van der Waals surface area contributed by atoms with Gasteiger partial charge in [-0.3, -0.25) is 18.6 Å². The van der Waals surface area contributed by atoms with E-state index >= 15 is 0 Å². The number of phosphoric acid groups is 1. The molecule has 10 heteroatoms. The molecule has 2 unspecified atom stereocenters. The molecule has 0 aromatic rings. The van der Waals surface area contributed by atoms with Crippen LogP contribution in [0.3, 0.4) is 0 Å². The number of carbonyl (C=O) groups is 2. The quantitative estimate of drug-likeness (QED) is 0.0212. The van der Waals surface area contributed by atoms with Crippen molar-refractivity contribution in [1.82, 2.24) is 0 Å². The number of hydrogen-bond acceptors (Lipinski definition) is 7. The van der Waals surface area contributed by atoms with Gasteiger partial charge in [0.1, 0.15) is 19.8 Å². The van der Waals surface area contributed by atoms with Crippen LogP contribution in [-0.2, 0) is 32.7 Å². The van der Waals surface area contributed by atoms with Crippen molar-refractivity contribution in [2.24, 2.45) is 0 Å². The maximum atomic E-state index is 12.7. The zero-order valence-electron chi connectivity index (χ0n) is 41.1. The Labute approximate surface area is 382 Å². The molecule has 0 saturated carbocycles. The smallest absolute Gasteiger partial charge is 0.462 e. The van der Waals surface area contributed by atoms with Crippen LogP contribution in [0.25, 0.3) is 0 Å². The lowest BCUT2D eigenvalue weighted by Crippen LogP contribution is -2.37. The molecule has 0 rings (SSSR count). The molecule has 9 nitrogen and oxygen atoms in total. The summed E-state index contributed by atoms with van der Waals surface area (Å²) in [4.78, 5) is 35.5. The van der Waals surface area contributed by atoms with E-state index in [2.05, 4.69) is 50.3 Å². The minimum absolute atomic E-state index is 0.0298. The van der Waals surface area contributed by atoms with Gasteiger partial charge in [0, 0.05) is 12.8 Å². The van der Waals surface area contributed by atoms with Crippen LogP contribution in [0.4, 0.5) is 0 Å². The fraction of sp³-hybridized carbons (Fsp3) is 0.846. The number of rotatable bonds is 47. The van der Waals surface area contributed by atoms with E-state index in [1.807, 2.05) is 21.1 Å². The number of nitrogens with zero attached hydrogens (tertiary/aromatic N) is 1. The summed E-state index contributed by atoms with van der Waals surface area (Å²) in [6.45, 7) is 4.41. The average Bonchev–Trinajstić information content (AvgIpc) is 3.23. The summed E-state index contributed by atoms with van der Waals surface area (Å²) in [7, 11) is 1.47. The van der Waals surface area contributed by atoms with Crippen molar-refractivity contribution < 1.29 is 42.1 Å². The van der Waals surface area contributed by atoms with E-state index in [0.717, 1.165) is 70.6 Å². The summed E-state index contributed by atoms with van der Waals surface area (Å²) in [5.74, 6) is -0.803. The number of phosphoric ester groups is 1. The van der Waals surface area contributed by atoms with Crippen molar-refractivity contribution >= 4 is 19.8 Å². The van der Waals surface area contributed by atoms with Gasteiger partial charge in [-0.15, -0.1) is 0 Å². The lowest BCUT2D eigenvalue weighted by molar-refractivity contribution is -0.870. The van der Waals surface area contributed by atoms with Crippen molar-refractivity contribution in [3.8, 4) is 0 Å². The zero-order valence-corrected chi connectivity index (χ0v) is 42.0. The molecule has 0 bridgehead atoms. The fourth-order valence-corrected chi connectivity index (χ4v) is 7.88. The van der Waals surface area contributed by atoms with Gasteiger partial charge < -0.3 is 18.9 Å². The predicted octanol–water partition coefficient (Wildman–Crippen LogP) is 15.3. The van der Waals surface area contributed by atoms with Crippen molar-refractivity contribution in [2.75, 3.05) is 47.5 Å². The Morgan fingerprint density at radius 1 is 0.500 bits per heavy atom. The number of esters is 2. The van der Waals surface area contributed by atoms with E-state index in [1.54, 1.807) is 0 Å². The number of allylic oxidation sites excluding steroid dienone is 6. The van der Waals surface area contributed by atoms with Gasteiger partial charge in [0.25, 0.3) is 0 Å². The highest BCUT2D eigenvalue weighted by Gasteiger charge is 2.27. The Balaban J connectivity index is 4.26. The second kappa shape index (κ2) is 44.4. The van der Waals surface area contributed by atoms with Crippen LogP contribution in [0.15, 0.2) is 36.5 Å². The van der Waals surface area contributed by atoms with Crippen molar-refractivity contribution in [2.45, 2.75) is 238 Å². The van der Waals surface area contributed by atoms with Gasteiger partial charge >= 0.3 is 19.8 Å². The molecule has 0 aliphatic carbocycles. The van der Waals surface area contributed by atoms with Gasteiger partial charge in [-0.2, -0.15) is 0 Å². The monoisotopic (exact) mass is 897 g/mol. The van der Waals surface area contributed by atoms with Crippen LogP contribution in [-0.4, -0.2) is 74.9 Å². The number of ether oxygens (including phenoxy) is 2. The maximum absolute atomic E-state index is 12.7. The molecular weight excluding hydrogens is 798 g/mol. The molecule has 0 heterocycles. The van der Waals surface area contributed by atoms with E-state index in [1.165, 1.54) is 128 Å². The second-order valence-corrected chi connectivity index (χ2v) is 20.0. The van der Waals surface area contributed by atoms with E-state index in [0.29, 0.717) is 17.4 Å². The Bertz CT molecular complexity index is 1150. The molecule has 0 aliphatic rings. The van der Waals surface area contributed by atoms with Crippen LogP contribution in [0.5, 0.6) is 0 Å². The van der Waals surface area contributed by atoms with Gasteiger partial charge in [-0.05, 0) is 51.4 Å². The molecule has 0 spiro atoms. The Morgan fingerprint density at radius 3 is 1.32 bits per heavy atom. The van der Waals surface area contributed by atoms with Crippen molar-refractivity contribution in [3.63, 3.8) is 0 Å². The standard InChI is InChI=1S/C52H98NO8P/c1-6-8-10-12-14-16-18-20-22-24-26-28-30-32-34-36-38-40-42-44-51(54)58-48-50(49-60-62(56,57)59-47-46-53(3,4)5)61-52(55)45-43-41-39-37-35-33-31-29-27-25-23-21-19-17-15-13-11-9-7-2/h15,17,21,23,27,29,50H,6-14,16,18-20,22,24-26,28,30-49H2,1-5H3/p+1/b17-15-,23-21-,29-27-. The minimum Gasteiger partial charge on any atom is -0.462 e. The van der Waals surface area contributed by atoms with Crippen LogP contribution < -0.4 is 0 Å². The van der Waals surface area contributed by atoms with E-state index in [4.69, 9.17) is 18.5 Å². The van der Waals surface area contributed by atoms with Crippen LogP contribution in [0.1, 0.15) is 232 Å². The number of carbonyl (C=O) groups excluding carboxylic acids is 2.